The second kappa shape index (κ2) is 25.0. The summed E-state index contributed by atoms with van der Waals surface area (Å²) in [4.78, 5) is 20.2. The third kappa shape index (κ3) is 17.8. The molecule has 228 valence electrons. The molecule has 0 amide bonds. The lowest BCUT2D eigenvalue weighted by Gasteiger charge is -2.26. The van der Waals surface area contributed by atoms with Gasteiger partial charge in [-0.3, -0.25) is 0 Å². The van der Waals surface area contributed by atoms with E-state index in [1.165, 1.54) is 74.6 Å². The summed E-state index contributed by atoms with van der Waals surface area (Å²) < 4.78 is 0. The van der Waals surface area contributed by atoms with Gasteiger partial charge >= 0.3 is 0 Å². The van der Waals surface area contributed by atoms with E-state index in [1.807, 2.05) is 0 Å². The second-order valence-corrected chi connectivity index (χ2v) is 19.8. The minimum atomic E-state index is -1.13. The quantitative estimate of drug-likeness (QED) is 0.209. The fourth-order valence-corrected chi connectivity index (χ4v) is 12.9. The van der Waals surface area contributed by atoms with Gasteiger partial charge in [0.05, 0.1) is 61.2 Å². The van der Waals surface area contributed by atoms with Crippen LogP contribution < -0.4 is 10.2 Å². The maximum Gasteiger partial charge on any atom is 0.0715 e. The smallest absolute Gasteiger partial charge is 0.0715 e. The zero-order valence-electron chi connectivity index (χ0n) is 26.8. The monoisotopic (exact) mass is 592 g/mol. The molecule has 6 heteroatoms. The molecule has 0 bridgehead atoms. The number of hydrogen-bond acceptors (Lipinski definition) is 4. The van der Waals surface area contributed by atoms with Crippen molar-refractivity contribution in [1.82, 2.24) is 0 Å². The maximum atomic E-state index is 10.1. The summed E-state index contributed by atoms with van der Waals surface area (Å²) >= 11 is 0. The van der Waals surface area contributed by atoms with Crippen molar-refractivity contribution >= 4 is 26.5 Å². The third-order valence-electron chi connectivity index (χ3n) is 7.49. The molecule has 0 atom stereocenters. The van der Waals surface area contributed by atoms with Crippen LogP contribution in [0.4, 0.5) is 0 Å². The number of benzene rings is 2. The summed E-state index contributed by atoms with van der Waals surface area (Å²) in [5.41, 5.74) is 0.440. The molecular formula is C34H58O4P2. The molecular weight excluding hydrogens is 534 g/mol. The summed E-state index contributed by atoms with van der Waals surface area (Å²) in [7, 11) is -0.916. The van der Waals surface area contributed by atoms with Gasteiger partial charge in [-0.15, -0.1) is 0 Å². The molecule has 0 unspecified atom stereocenters. The molecule has 0 N–H and O–H groups in total. The normalized spacial score (nSPS) is 10.6. The molecule has 0 saturated carbocycles. The molecule has 0 aromatic heterocycles. The van der Waals surface area contributed by atoms with E-state index < -0.39 is 26.5 Å². The number of carboxylic acid groups (broad SMARTS) is 2. The van der Waals surface area contributed by atoms with Gasteiger partial charge in [0, 0.05) is 14.5 Å². The second-order valence-electron chi connectivity index (χ2n) is 10.1. The van der Waals surface area contributed by atoms with E-state index in [2.05, 4.69) is 55.4 Å². The fourth-order valence-electron chi connectivity index (χ4n) is 5.06. The predicted octanol–water partition coefficient (Wildman–Crippen LogP) is 7.83. The third-order valence-corrected chi connectivity index (χ3v) is 18.4. The van der Waals surface area contributed by atoms with Crippen LogP contribution in [0.2, 0.25) is 0 Å². The molecule has 0 heterocycles. The molecule has 0 fully saturated rings. The SMILES string of the molecule is CCC[P+](CCC)(CCC)CCC.CC[P+](CC)(CC)CC.O=C([O-])c1ccccc1.O=C([O-])c1ccccc1. The Morgan fingerprint density at radius 1 is 0.475 bits per heavy atom. The molecule has 0 aliphatic carbocycles. The molecule has 2 aromatic rings. The van der Waals surface area contributed by atoms with E-state index in [9.17, 15) is 19.8 Å². The molecule has 4 nitrogen and oxygen atoms in total. The largest absolute Gasteiger partial charge is 0.545 e. The van der Waals surface area contributed by atoms with E-state index in [0.717, 1.165) is 0 Å². The van der Waals surface area contributed by atoms with Crippen LogP contribution in [0.1, 0.15) is 102 Å². The predicted molar refractivity (Wildman–Crippen MR) is 178 cm³/mol. The minimum absolute atomic E-state index is 0.220. The van der Waals surface area contributed by atoms with Crippen molar-refractivity contribution in [2.75, 3.05) is 49.3 Å². The van der Waals surface area contributed by atoms with E-state index in [-0.39, 0.29) is 11.1 Å². The number of rotatable bonds is 14. The standard InChI is InChI=1S/C12H28P.C8H20P.2C7H6O2/c1-5-9-13(10-6-2,11-7-3)12-8-4;1-5-9(6-2,7-3)8-4;2*8-7(9)6-4-2-1-3-5-6/h5-12H2,1-4H3;5-8H2,1-4H3;2*1-5H,(H,8,9)/q2*+1;;/p-2. The number of carbonyl (C=O) groups is 2. The lowest BCUT2D eigenvalue weighted by atomic mass is 10.2. The van der Waals surface area contributed by atoms with Gasteiger partial charge in [0.15, 0.2) is 0 Å². The lowest BCUT2D eigenvalue weighted by Crippen LogP contribution is -2.21. The highest BCUT2D eigenvalue weighted by Gasteiger charge is 2.32. The Hall–Kier alpha value is -1.76. The molecule has 2 rings (SSSR count). The molecule has 0 aliphatic rings. The maximum absolute atomic E-state index is 10.1. The molecule has 0 saturated heterocycles. The molecule has 0 aliphatic heterocycles. The van der Waals surface area contributed by atoms with Gasteiger partial charge in [-0.1, -0.05) is 88.4 Å². The molecule has 0 spiro atoms. The summed E-state index contributed by atoms with van der Waals surface area (Å²) in [5.74, 6) is -2.26. The Balaban J connectivity index is 0. The number of carbonyl (C=O) groups excluding carboxylic acids is 2. The first-order valence-electron chi connectivity index (χ1n) is 15.3. The van der Waals surface area contributed by atoms with Crippen molar-refractivity contribution < 1.29 is 19.8 Å². The highest BCUT2D eigenvalue weighted by Crippen LogP contribution is 2.60. The Bertz CT molecular complexity index is 772. The zero-order chi connectivity index (χ0) is 30.9. The lowest BCUT2D eigenvalue weighted by molar-refractivity contribution is -0.256. The first-order chi connectivity index (χ1) is 19.1. The van der Waals surface area contributed by atoms with E-state index in [0.29, 0.717) is 0 Å². The van der Waals surface area contributed by atoms with Crippen LogP contribution in [0, 0.1) is 0 Å². The van der Waals surface area contributed by atoms with Crippen LogP contribution in [0.3, 0.4) is 0 Å². The van der Waals surface area contributed by atoms with Crippen molar-refractivity contribution in [2.45, 2.75) is 81.1 Å². The summed E-state index contributed by atoms with van der Waals surface area (Å²) in [6, 6.07) is 16.1. The van der Waals surface area contributed by atoms with Crippen LogP contribution in [0.25, 0.3) is 0 Å². The van der Waals surface area contributed by atoms with Gasteiger partial charge in [-0.05, 0) is 64.5 Å². The van der Waals surface area contributed by atoms with Crippen LogP contribution in [0.5, 0.6) is 0 Å². The minimum Gasteiger partial charge on any atom is -0.545 e. The molecule has 2 aromatic carbocycles. The van der Waals surface area contributed by atoms with Crippen LogP contribution >= 0.6 is 14.5 Å². The van der Waals surface area contributed by atoms with E-state index in [1.54, 1.807) is 61.0 Å². The highest BCUT2D eigenvalue weighted by molar-refractivity contribution is 7.76. The Morgan fingerprint density at radius 3 is 0.850 bits per heavy atom. The zero-order valence-corrected chi connectivity index (χ0v) is 28.6. The van der Waals surface area contributed by atoms with Gasteiger partial charge in [-0.2, -0.15) is 0 Å². The van der Waals surface area contributed by atoms with Gasteiger partial charge in [0.2, 0.25) is 0 Å². The first kappa shape index (κ1) is 40.4. The Kier molecular flexibility index (Phi) is 25.2. The van der Waals surface area contributed by atoms with Gasteiger partial charge in [0.1, 0.15) is 0 Å². The molecule has 0 radical (unpaired) electrons. The average molecular weight is 593 g/mol. The first-order valence-corrected chi connectivity index (χ1v) is 20.4. The van der Waals surface area contributed by atoms with E-state index in [4.69, 9.17) is 0 Å². The number of hydrogen-bond donors (Lipinski definition) is 0. The van der Waals surface area contributed by atoms with Crippen LogP contribution in [0.15, 0.2) is 60.7 Å². The van der Waals surface area contributed by atoms with Gasteiger partial charge in [0.25, 0.3) is 0 Å². The summed E-state index contributed by atoms with van der Waals surface area (Å²) in [5, 5.41) is 20.2. The van der Waals surface area contributed by atoms with E-state index >= 15 is 0 Å². The van der Waals surface area contributed by atoms with Crippen molar-refractivity contribution in [3.63, 3.8) is 0 Å². The highest BCUT2D eigenvalue weighted by atomic mass is 31.2. The number of carboxylic acids is 2. The molecule has 40 heavy (non-hydrogen) atoms. The summed E-state index contributed by atoms with van der Waals surface area (Å²) in [6.07, 6.45) is 17.7. The van der Waals surface area contributed by atoms with Gasteiger partial charge in [-0.25, -0.2) is 0 Å². The van der Waals surface area contributed by atoms with Crippen LogP contribution in [-0.4, -0.2) is 61.2 Å². The van der Waals surface area contributed by atoms with Crippen molar-refractivity contribution in [2.24, 2.45) is 0 Å². The topological polar surface area (TPSA) is 80.3 Å². The average Bonchev–Trinajstić information content (AvgIpc) is 2.97. The van der Waals surface area contributed by atoms with Crippen molar-refractivity contribution in [3.8, 4) is 0 Å². The van der Waals surface area contributed by atoms with Crippen LogP contribution in [-0.2, 0) is 0 Å². The number of aromatic carboxylic acids is 2. The Morgan fingerprint density at radius 2 is 0.725 bits per heavy atom. The fraction of sp³-hybridized carbons (Fsp3) is 0.588. The summed E-state index contributed by atoms with van der Waals surface area (Å²) in [6.45, 7) is 18.8. The van der Waals surface area contributed by atoms with Crippen molar-refractivity contribution in [1.29, 1.82) is 0 Å². The van der Waals surface area contributed by atoms with Crippen molar-refractivity contribution in [3.05, 3.63) is 71.8 Å². The van der Waals surface area contributed by atoms with Gasteiger partial charge < -0.3 is 19.8 Å². The Labute approximate surface area is 248 Å².